The number of likely N-dealkylation sites (N-methyl/N-ethyl adjacent to an activating group) is 2. The van der Waals surface area contributed by atoms with E-state index in [1.54, 1.807) is 24.3 Å². The van der Waals surface area contributed by atoms with Gasteiger partial charge in [-0.05, 0) is 176 Å². The van der Waals surface area contributed by atoms with Gasteiger partial charge in [0.1, 0.15) is 12.2 Å². The number of fused-ring (bicyclic) bond motifs is 2. The molecule has 2 aliphatic carbocycles. The number of nitriles is 2. The van der Waals surface area contributed by atoms with Crippen molar-refractivity contribution in [2.75, 3.05) is 146 Å². The van der Waals surface area contributed by atoms with Crippen LogP contribution >= 0.6 is 23.2 Å². The normalized spacial score (nSPS) is 19.9. The molecule has 4 aliphatic rings. The van der Waals surface area contributed by atoms with E-state index in [0.29, 0.717) is 83.2 Å². The highest BCUT2D eigenvalue weighted by atomic mass is 35.5. The summed E-state index contributed by atoms with van der Waals surface area (Å²) in [7, 11) is -0.0311. The Bertz CT molecular complexity index is 3310. The molecule has 8 rings (SSSR count). The maximum atomic E-state index is 15.7. The summed E-state index contributed by atoms with van der Waals surface area (Å²) in [6.07, 6.45) is 5.00. The first-order valence-electron chi connectivity index (χ1n) is 31.7. The van der Waals surface area contributed by atoms with Crippen LogP contribution in [-0.4, -0.2) is 219 Å². The third-order valence-corrected chi connectivity index (χ3v) is 20.5. The zero-order valence-corrected chi connectivity index (χ0v) is 56.7. The van der Waals surface area contributed by atoms with Crippen molar-refractivity contribution in [1.82, 2.24) is 50.3 Å². The van der Waals surface area contributed by atoms with Gasteiger partial charge in [0.05, 0.1) is 98.0 Å². The number of halogens is 4. The van der Waals surface area contributed by atoms with Gasteiger partial charge in [-0.15, -0.1) is 0 Å². The number of benzene rings is 4. The SMILES string of the molecule is CN(C)[C@@H]1CCCN([C@H]2Cc3c(C#N)cc(Cl)cc3[C@@H]2Oc2ccc(S(=O)(=O)NCCOCCOCCNC(=O)NCCCCNC(=O)NCCOCCOCCNS(=O)(=O)c3ccc(O[C@H]4c5cc(Cl)cc(C#N)c5C[C@@H]4N4CCC[C@@H](N(C)C)C4)c(F)c3)cc2F)C1. The van der Waals surface area contributed by atoms with Gasteiger partial charge in [0.15, 0.2) is 23.1 Å². The van der Waals surface area contributed by atoms with E-state index in [1.165, 1.54) is 24.3 Å². The molecule has 0 saturated carbocycles. The Morgan fingerprint density at radius 1 is 0.553 bits per heavy atom. The summed E-state index contributed by atoms with van der Waals surface area (Å²) >= 11 is 12.9. The van der Waals surface area contributed by atoms with Gasteiger partial charge in [0.2, 0.25) is 20.0 Å². The first-order valence-corrected chi connectivity index (χ1v) is 35.4. The van der Waals surface area contributed by atoms with Crippen molar-refractivity contribution in [3.05, 3.63) is 116 Å². The van der Waals surface area contributed by atoms with Crippen LogP contribution in [0.15, 0.2) is 70.5 Å². The topological polar surface area (TPSA) is 291 Å². The summed E-state index contributed by atoms with van der Waals surface area (Å²) in [5, 5.41) is 31.4. The highest BCUT2D eigenvalue weighted by Crippen LogP contribution is 2.44. The number of rotatable bonds is 35. The van der Waals surface area contributed by atoms with Crippen molar-refractivity contribution in [2.45, 2.75) is 97.5 Å². The molecule has 0 unspecified atom stereocenters. The average Bonchev–Trinajstić information content (AvgIpc) is 1.61. The molecule has 2 fully saturated rings. The summed E-state index contributed by atoms with van der Waals surface area (Å²) < 4.78 is 123. The second kappa shape index (κ2) is 35.8. The molecule has 2 heterocycles. The number of hydrogen-bond donors (Lipinski definition) is 6. The Morgan fingerprint density at radius 3 is 1.29 bits per heavy atom. The van der Waals surface area contributed by atoms with E-state index < -0.39 is 43.9 Å². The summed E-state index contributed by atoms with van der Waals surface area (Å²) in [6, 6.07) is 17.8. The lowest BCUT2D eigenvalue weighted by atomic mass is 10.0. The fraction of sp³-hybridized carbons (Fsp3) is 0.562. The van der Waals surface area contributed by atoms with Gasteiger partial charge >= 0.3 is 12.1 Å². The van der Waals surface area contributed by atoms with E-state index in [2.05, 4.69) is 62.4 Å². The van der Waals surface area contributed by atoms with Crippen LogP contribution in [0.1, 0.15) is 84.1 Å². The van der Waals surface area contributed by atoms with Gasteiger partial charge in [-0.25, -0.2) is 44.6 Å². The molecule has 30 heteroatoms. The maximum Gasteiger partial charge on any atom is 0.314 e. The summed E-state index contributed by atoms with van der Waals surface area (Å²) in [6.45, 7) is 5.38. The maximum absolute atomic E-state index is 15.7. The minimum Gasteiger partial charge on any atom is -0.481 e. The number of likely N-dealkylation sites (tertiary alicyclic amines) is 2. The summed E-state index contributed by atoms with van der Waals surface area (Å²) in [4.78, 5) is 32.8. The van der Waals surface area contributed by atoms with E-state index >= 15 is 8.78 Å². The molecule has 514 valence electrons. The molecule has 0 spiro atoms. The number of urea groups is 2. The number of carbonyl (C=O) groups excluding carboxylic acids is 2. The average molecular weight is 1390 g/mol. The van der Waals surface area contributed by atoms with Gasteiger partial charge in [-0.1, -0.05) is 23.2 Å². The Balaban J connectivity index is 0.605. The first kappa shape index (κ1) is 73.7. The minimum atomic E-state index is -4.11. The number of nitrogens with zero attached hydrogens (tertiary/aromatic N) is 6. The Morgan fingerprint density at radius 2 is 0.926 bits per heavy atom. The zero-order chi connectivity index (χ0) is 67.4. The van der Waals surface area contributed by atoms with Crippen LogP contribution in [0.25, 0.3) is 0 Å². The van der Waals surface area contributed by atoms with Crippen LogP contribution in [0.5, 0.6) is 11.5 Å². The second-order valence-corrected chi connectivity index (χ2v) is 28.3. The molecule has 4 aromatic rings. The van der Waals surface area contributed by atoms with Gasteiger partial charge in [-0.2, -0.15) is 10.5 Å². The molecule has 0 aromatic heterocycles. The highest BCUT2D eigenvalue weighted by Gasteiger charge is 2.44. The van der Waals surface area contributed by atoms with Crippen molar-refractivity contribution < 1.29 is 63.6 Å². The third-order valence-electron chi connectivity index (χ3n) is 17.1. The lowest BCUT2D eigenvalue weighted by Gasteiger charge is -2.41. The van der Waals surface area contributed by atoms with Crippen LogP contribution < -0.4 is 40.2 Å². The Labute approximate surface area is 560 Å². The van der Waals surface area contributed by atoms with Crippen LogP contribution in [0.3, 0.4) is 0 Å². The molecule has 4 amide bonds. The largest absolute Gasteiger partial charge is 0.481 e. The molecule has 24 nitrogen and oxygen atoms in total. The van der Waals surface area contributed by atoms with Gasteiger partial charge in [0, 0.05) is 74.5 Å². The number of ether oxygens (including phenoxy) is 6. The molecule has 2 saturated heterocycles. The molecule has 0 radical (unpaired) electrons. The van der Waals surface area contributed by atoms with Crippen molar-refractivity contribution in [1.29, 1.82) is 10.5 Å². The molecule has 2 aliphatic heterocycles. The van der Waals surface area contributed by atoms with E-state index in [0.717, 1.165) is 75.1 Å². The van der Waals surface area contributed by atoms with Crippen molar-refractivity contribution in [3.8, 4) is 23.6 Å². The van der Waals surface area contributed by atoms with Crippen LogP contribution in [-0.2, 0) is 51.8 Å². The molecular weight excluding hydrogens is 1300 g/mol. The monoisotopic (exact) mass is 1390 g/mol. The molecule has 6 atom stereocenters. The predicted molar refractivity (Wildman–Crippen MR) is 349 cm³/mol. The number of sulfonamides is 2. The molecule has 4 aromatic carbocycles. The number of amides is 4. The van der Waals surface area contributed by atoms with Crippen molar-refractivity contribution >= 4 is 55.3 Å². The quantitative estimate of drug-likeness (QED) is 0.0294. The number of piperidine rings is 2. The highest BCUT2D eigenvalue weighted by molar-refractivity contribution is 7.89. The molecule has 94 heavy (non-hydrogen) atoms. The Hall–Kier alpha value is -6.06. The van der Waals surface area contributed by atoms with Crippen molar-refractivity contribution in [2.24, 2.45) is 0 Å². The number of carbonyl (C=O) groups is 2. The van der Waals surface area contributed by atoms with E-state index in [4.69, 9.17) is 51.6 Å². The molecule has 0 bridgehead atoms. The second-order valence-electron chi connectivity index (χ2n) is 23.9. The van der Waals surface area contributed by atoms with Gasteiger partial charge < -0.3 is 59.5 Å². The fourth-order valence-corrected chi connectivity index (χ4v) is 14.7. The lowest BCUT2D eigenvalue weighted by Crippen LogP contribution is -2.51. The summed E-state index contributed by atoms with van der Waals surface area (Å²) in [5.74, 6) is -1.94. The number of hydrogen-bond acceptors (Lipinski definition) is 18. The van der Waals surface area contributed by atoms with Gasteiger partial charge in [-0.3, -0.25) is 9.80 Å². The minimum absolute atomic E-state index is 0.0209. The van der Waals surface area contributed by atoms with E-state index in [9.17, 15) is 36.9 Å². The van der Waals surface area contributed by atoms with Crippen molar-refractivity contribution in [3.63, 3.8) is 0 Å². The van der Waals surface area contributed by atoms with Crippen LogP contribution in [0.4, 0.5) is 18.4 Å². The number of nitrogens with one attached hydrogen (secondary N) is 6. The van der Waals surface area contributed by atoms with Crippen LogP contribution in [0.2, 0.25) is 10.0 Å². The Kier molecular flexibility index (Phi) is 28.1. The molecule has 6 N–H and O–H groups in total. The first-order chi connectivity index (χ1) is 45.2. The van der Waals surface area contributed by atoms with Gasteiger partial charge in [0.25, 0.3) is 0 Å². The smallest absolute Gasteiger partial charge is 0.314 e. The molecular formula is C64H86Cl2F2N12O12S2. The number of unbranched alkanes of at least 4 members (excludes halogenated alkanes) is 1. The van der Waals surface area contributed by atoms with E-state index in [-0.39, 0.29) is 124 Å². The summed E-state index contributed by atoms with van der Waals surface area (Å²) in [5.41, 5.74) is 3.95. The van der Waals surface area contributed by atoms with Crippen LogP contribution in [0, 0.1) is 34.3 Å². The fourth-order valence-electron chi connectivity index (χ4n) is 12.2. The predicted octanol–water partition coefficient (Wildman–Crippen LogP) is 5.86. The lowest BCUT2D eigenvalue weighted by molar-refractivity contribution is 0.0364. The zero-order valence-electron chi connectivity index (χ0n) is 53.5. The standard InChI is InChI=1S/C64H86Cl2F2N12O12S2/c1-77(2)47-9-7-21-79(41-47)57-37-51-43(39-69)31-45(65)33-53(51)61(57)91-59-13-11-49(35-55(59)67)93(83,84)75-19-25-89-29-27-87-23-17-73-63(81)71-15-5-6-16-72-64(82)74-18-24-88-28-30-90-26-20-76-94(85,86)50-12-14-60(56(68)36-50)92-62-54-34-46(66)32-44(40-70)52(54)38-58(62)80-22-8-10-48(42-80)78(3)4/h11-14,31-36,47-48,57-58,61-62,75-76H,5-10,15-30,37-38,41-42H2,1-4H3,(H2,71,73,81)(H2,72,74,82)/t47-,48-,57+,58+,61+,62+/m1/s1. The van der Waals surface area contributed by atoms with E-state index in [1.807, 2.05) is 28.2 Å². The third kappa shape index (κ3) is 20.7.